The Morgan fingerprint density at radius 2 is 2.06 bits per heavy atom. The normalized spacial score (nSPS) is 27.4. The molecular weight excluding hydrogens is 248 g/mol. The maximum atomic E-state index is 11.3. The van der Waals surface area contributed by atoms with Crippen molar-refractivity contribution in [2.75, 3.05) is 12.8 Å². The molecule has 0 aromatic heterocycles. The molecule has 1 amide bonds. The third kappa shape index (κ3) is 3.40. The molecule has 0 saturated carbocycles. The second kappa shape index (κ2) is 5.01. The van der Waals surface area contributed by atoms with Crippen LogP contribution in [-0.2, 0) is 19.6 Å². The van der Waals surface area contributed by atoms with Crippen LogP contribution in [-0.4, -0.2) is 54.6 Å². The zero-order chi connectivity index (χ0) is 13.2. The van der Waals surface area contributed by atoms with Gasteiger partial charge in [0.1, 0.15) is 0 Å². The average Bonchev–Trinajstić information content (AvgIpc) is 2.58. The van der Waals surface area contributed by atoms with Crippen LogP contribution < -0.4 is 5.32 Å². The van der Waals surface area contributed by atoms with Gasteiger partial charge in [0.2, 0.25) is 15.9 Å². The van der Waals surface area contributed by atoms with Gasteiger partial charge in [0, 0.05) is 19.4 Å². The fourth-order valence-corrected chi connectivity index (χ4v) is 3.33. The molecule has 0 bridgehead atoms. The predicted molar refractivity (Wildman–Crippen MR) is 59.8 cm³/mol. The van der Waals surface area contributed by atoms with Crippen LogP contribution in [0.4, 0.5) is 0 Å². The zero-order valence-corrected chi connectivity index (χ0v) is 10.5. The van der Waals surface area contributed by atoms with Crippen LogP contribution in [0.2, 0.25) is 0 Å². The first-order valence-electron chi connectivity index (χ1n) is 5.18. The van der Waals surface area contributed by atoms with Crippen molar-refractivity contribution in [1.29, 1.82) is 0 Å². The zero-order valence-electron chi connectivity index (χ0n) is 9.71. The number of amides is 1. The largest absolute Gasteiger partial charge is 0.481 e. The maximum Gasteiger partial charge on any atom is 0.300 e. The fraction of sp³-hybridized carbons (Fsp3) is 0.778. The van der Waals surface area contributed by atoms with Gasteiger partial charge in [-0.3, -0.25) is 9.59 Å². The van der Waals surface area contributed by atoms with Crippen LogP contribution in [0, 0.1) is 0 Å². The number of nitrogens with zero attached hydrogens (tertiary/aromatic N) is 1. The molecule has 0 aliphatic carbocycles. The third-order valence-electron chi connectivity index (χ3n) is 2.61. The van der Waals surface area contributed by atoms with E-state index in [0.29, 0.717) is 6.42 Å². The van der Waals surface area contributed by atoms with Gasteiger partial charge in [-0.15, -0.1) is 0 Å². The Balaban J connectivity index is 0.000000317. The number of carboxylic acids is 1. The SMILES string of the molecule is CC(=O)O.CS(=O)(=O)N1C(=O)CC2NCCC21. The van der Waals surface area contributed by atoms with Crippen molar-refractivity contribution in [3.8, 4) is 0 Å². The number of carbonyl (C=O) groups excluding carboxylic acids is 1. The van der Waals surface area contributed by atoms with Crippen molar-refractivity contribution in [1.82, 2.24) is 9.62 Å². The Bertz CT molecular complexity index is 415. The topological polar surface area (TPSA) is 104 Å². The van der Waals surface area contributed by atoms with Gasteiger partial charge in [0.05, 0.1) is 12.3 Å². The van der Waals surface area contributed by atoms with E-state index in [-0.39, 0.29) is 18.0 Å². The van der Waals surface area contributed by atoms with Gasteiger partial charge < -0.3 is 10.4 Å². The molecule has 2 saturated heterocycles. The van der Waals surface area contributed by atoms with Crippen molar-refractivity contribution in [2.45, 2.75) is 31.8 Å². The highest BCUT2D eigenvalue weighted by Gasteiger charge is 2.46. The molecule has 0 aromatic carbocycles. The summed E-state index contributed by atoms with van der Waals surface area (Å²) in [6.45, 7) is 1.88. The number of carbonyl (C=O) groups is 2. The van der Waals surface area contributed by atoms with E-state index in [1.807, 2.05) is 0 Å². The first-order valence-corrected chi connectivity index (χ1v) is 7.03. The highest BCUT2D eigenvalue weighted by molar-refractivity contribution is 7.88. The summed E-state index contributed by atoms with van der Waals surface area (Å²) in [7, 11) is -3.36. The molecule has 2 unspecified atom stereocenters. The van der Waals surface area contributed by atoms with Crippen LogP contribution in [0.1, 0.15) is 19.8 Å². The molecule has 2 N–H and O–H groups in total. The Labute approximate surface area is 99.8 Å². The summed E-state index contributed by atoms with van der Waals surface area (Å²) in [5, 5.41) is 10.5. The number of rotatable bonds is 1. The molecule has 17 heavy (non-hydrogen) atoms. The number of hydrogen-bond donors (Lipinski definition) is 2. The highest BCUT2D eigenvalue weighted by atomic mass is 32.2. The van der Waals surface area contributed by atoms with E-state index in [1.54, 1.807) is 0 Å². The molecule has 2 fully saturated rings. The maximum absolute atomic E-state index is 11.3. The Morgan fingerprint density at radius 3 is 2.53 bits per heavy atom. The number of hydrogen-bond acceptors (Lipinski definition) is 5. The van der Waals surface area contributed by atoms with Crippen molar-refractivity contribution in [3.05, 3.63) is 0 Å². The summed E-state index contributed by atoms with van der Waals surface area (Å²) in [5.74, 6) is -1.11. The van der Waals surface area contributed by atoms with Crippen LogP contribution in [0.5, 0.6) is 0 Å². The van der Waals surface area contributed by atoms with E-state index < -0.39 is 16.0 Å². The van der Waals surface area contributed by atoms with E-state index in [1.165, 1.54) is 0 Å². The molecule has 98 valence electrons. The fourth-order valence-electron chi connectivity index (χ4n) is 2.14. The molecule has 0 radical (unpaired) electrons. The van der Waals surface area contributed by atoms with E-state index in [9.17, 15) is 13.2 Å². The highest BCUT2D eigenvalue weighted by Crippen LogP contribution is 2.27. The van der Waals surface area contributed by atoms with Crippen molar-refractivity contribution in [3.63, 3.8) is 0 Å². The smallest absolute Gasteiger partial charge is 0.300 e. The van der Waals surface area contributed by atoms with Gasteiger partial charge in [0.15, 0.2) is 0 Å². The number of sulfonamides is 1. The number of nitrogens with one attached hydrogen (secondary N) is 1. The van der Waals surface area contributed by atoms with Crippen LogP contribution >= 0.6 is 0 Å². The second-order valence-corrected chi connectivity index (χ2v) is 5.95. The monoisotopic (exact) mass is 264 g/mol. The molecule has 0 aromatic rings. The molecular formula is C9H16N2O5S. The quantitative estimate of drug-likeness (QED) is 0.629. The Kier molecular flexibility index (Phi) is 4.10. The van der Waals surface area contributed by atoms with Gasteiger partial charge in [-0.05, 0) is 13.0 Å². The lowest BCUT2D eigenvalue weighted by molar-refractivity contribution is -0.134. The number of carboxylic acid groups (broad SMARTS) is 1. The van der Waals surface area contributed by atoms with Gasteiger partial charge in [-0.2, -0.15) is 0 Å². The predicted octanol–water partition coefficient (Wildman–Crippen LogP) is -1.00. The van der Waals surface area contributed by atoms with Gasteiger partial charge >= 0.3 is 0 Å². The molecule has 2 atom stereocenters. The Hall–Kier alpha value is -1.15. The standard InChI is InChI=1S/C7H12N2O3S.C2H4O2/c1-13(11,12)9-6-2-3-8-5(6)4-7(9)10;1-2(3)4/h5-6,8H,2-4H2,1H3;1H3,(H,3,4). The molecule has 2 aliphatic rings. The Morgan fingerprint density at radius 1 is 1.53 bits per heavy atom. The molecule has 7 nitrogen and oxygen atoms in total. The summed E-state index contributed by atoms with van der Waals surface area (Å²) >= 11 is 0. The van der Waals surface area contributed by atoms with Crippen LogP contribution in [0.3, 0.4) is 0 Å². The van der Waals surface area contributed by atoms with E-state index >= 15 is 0 Å². The molecule has 2 heterocycles. The molecule has 8 heteroatoms. The summed E-state index contributed by atoms with van der Waals surface area (Å²) in [6, 6.07) is -0.0928. The lowest BCUT2D eigenvalue weighted by atomic mass is 10.1. The summed E-state index contributed by atoms with van der Waals surface area (Å²) in [6.07, 6.45) is 2.15. The summed E-state index contributed by atoms with van der Waals surface area (Å²) in [5.41, 5.74) is 0. The third-order valence-corrected chi connectivity index (χ3v) is 3.80. The van der Waals surface area contributed by atoms with Gasteiger partial charge in [0.25, 0.3) is 5.97 Å². The van der Waals surface area contributed by atoms with Gasteiger partial charge in [-0.1, -0.05) is 0 Å². The molecule has 2 aliphatic heterocycles. The lowest BCUT2D eigenvalue weighted by Gasteiger charge is -2.20. The first kappa shape index (κ1) is 13.9. The summed E-state index contributed by atoms with van der Waals surface area (Å²) in [4.78, 5) is 20.3. The minimum atomic E-state index is -3.36. The van der Waals surface area contributed by atoms with Crippen molar-refractivity contribution < 1.29 is 23.1 Å². The van der Waals surface area contributed by atoms with E-state index in [4.69, 9.17) is 9.90 Å². The van der Waals surface area contributed by atoms with Crippen molar-refractivity contribution >= 4 is 21.9 Å². The first-order chi connectivity index (χ1) is 7.73. The van der Waals surface area contributed by atoms with Crippen LogP contribution in [0.15, 0.2) is 0 Å². The van der Waals surface area contributed by atoms with Crippen LogP contribution in [0.25, 0.3) is 0 Å². The minimum Gasteiger partial charge on any atom is -0.481 e. The molecule has 0 spiro atoms. The van der Waals surface area contributed by atoms with Crippen molar-refractivity contribution in [2.24, 2.45) is 0 Å². The minimum absolute atomic E-state index is 0.0437. The number of fused-ring (bicyclic) bond motifs is 1. The molecule has 2 rings (SSSR count). The lowest BCUT2D eigenvalue weighted by Crippen LogP contribution is -2.39. The average molecular weight is 264 g/mol. The number of aliphatic carboxylic acids is 1. The van der Waals surface area contributed by atoms with Gasteiger partial charge in [-0.25, -0.2) is 12.7 Å². The van der Waals surface area contributed by atoms with E-state index in [0.717, 1.165) is 30.5 Å². The summed E-state index contributed by atoms with van der Waals surface area (Å²) < 4.78 is 23.6. The second-order valence-electron chi connectivity index (χ2n) is 4.09. The van der Waals surface area contributed by atoms with E-state index in [2.05, 4.69) is 5.32 Å².